The number of fused-ring (bicyclic) bond motifs is 1. The highest BCUT2D eigenvalue weighted by atomic mass is 19.4. The van der Waals surface area contributed by atoms with E-state index in [1.807, 2.05) is 0 Å². The van der Waals surface area contributed by atoms with E-state index in [-0.39, 0.29) is 0 Å². The monoisotopic (exact) mass is 304 g/mol. The Morgan fingerprint density at radius 1 is 1.14 bits per heavy atom. The fraction of sp³-hybridized carbons (Fsp3) is 0.125. The first-order chi connectivity index (χ1) is 10.5. The lowest BCUT2D eigenvalue weighted by Crippen LogP contribution is -2.05. The molecule has 2 aromatic heterocycles. The molecule has 6 heteroatoms. The zero-order valence-corrected chi connectivity index (χ0v) is 11.3. The number of nitrogens with zero attached hydrogens (tertiary/aromatic N) is 2. The fourth-order valence-corrected chi connectivity index (χ4v) is 2.32. The number of alkyl halides is 3. The van der Waals surface area contributed by atoms with E-state index in [4.69, 9.17) is 0 Å². The molecule has 0 aliphatic carbocycles. The van der Waals surface area contributed by atoms with E-state index in [0.29, 0.717) is 23.3 Å². The van der Waals surface area contributed by atoms with Crippen molar-refractivity contribution in [2.45, 2.75) is 12.6 Å². The van der Waals surface area contributed by atoms with Crippen LogP contribution in [0.4, 0.5) is 13.2 Å². The van der Waals surface area contributed by atoms with Crippen LogP contribution in [-0.4, -0.2) is 15.7 Å². The zero-order chi connectivity index (χ0) is 15.7. The van der Waals surface area contributed by atoms with Gasteiger partial charge in [0.25, 0.3) is 0 Å². The normalized spacial score (nSPS) is 11.8. The average molecular weight is 304 g/mol. The second kappa shape index (κ2) is 5.29. The summed E-state index contributed by atoms with van der Waals surface area (Å²) >= 11 is 0. The Kier molecular flexibility index (Phi) is 3.44. The molecule has 0 unspecified atom stereocenters. The van der Waals surface area contributed by atoms with E-state index in [1.54, 1.807) is 28.9 Å². The van der Waals surface area contributed by atoms with Gasteiger partial charge in [-0.3, -0.25) is 4.79 Å². The van der Waals surface area contributed by atoms with Crippen LogP contribution >= 0.6 is 0 Å². The van der Waals surface area contributed by atoms with Crippen LogP contribution in [0, 0.1) is 0 Å². The van der Waals surface area contributed by atoms with Crippen molar-refractivity contribution in [2.75, 3.05) is 0 Å². The molecule has 0 bridgehead atoms. The summed E-state index contributed by atoms with van der Waals surface area (Å²) in [6.07, 6.45) is 0.156. The standard InChI is InChI=1S/C16H11F3N2O/c17-16(18,19)13-5-3-11(4-6-13)8-15-20-9-14-12(10-22)2-1-7-21(14)15/h1-7,9-10H,8H2. The van der Waals surface area contributed by atoms with Gasteiger partial charge in [-0.05, 0) is 29.8 Å². The van der Waals surface area contributed by atoms with Crippen molar-refractivity contribution in [3.8, 4) is 0 Å². The topological polar surface area (TPSA) is 34.4 Å². The van der Waals surface area contributed by atoms with Gasteiger partial charge in [-0.25, -0.2) is 4.98 Å². The van der Waals surface area contributed by atoms with Gasteiger partial charge in [0, 0.05) is 18.2 Å². The lowest BCUT2D eigenvalue weighted by molar-refractivity contribution is -0.137. The van der Waals surface area contributed by atoms with E-state index in [2.05, 4.69) is 4.98 Å². The summed E-state index contributed by atoms with van der Waals surface area (Å²) in [5.74, 6) is 0.665. The Balaban J connectivity index is 1.92. The maximum atomic E-state index is 12.5. The number of halogens is 3. The van der Waals surface area contributed by atoms with Gasteiger partial charge in [0.05, 0.1) is 17.3 Å². The molecule has 0 N–H and O–H groups in total. The molecule has 0 amide bonds. The number of benzene rings is 1. The SMILES string of the molecule is O=Cc1cccn2c(Cc3ccc(C(F)(F)F)cc3)ncc12. The molecular weight excluding hydrogens is 293 g/mol. The fourth-order valence-electron chi connectivity index (χ4n) is 2.32. The van der Waals surface area contributed by atoms with E-state index in [1.165, 1.54) is 12.1 Å². The molecule has 22 heavy (non-hydrogen) atoms. The average Bonchev–Trinajstić information content (AvgIpc) is 2.90. The number of rotatable bonds is 3. The highest BCUT2D eigenvalue weighted by Gasteiger charge is 2.29. The Morgan fingerprint density at radius 3 is 2.50 bits per heavy atom. The summed E-state index contributed by atoms with van der Waals surface area (Å²) in [5.41, 5.74) is 1.25. The van der Waals surface area contributed by atoms with Crippen LogP contribution in [0.3, 0.4) is 0 Å². The molecule has 0 spiro atoms. The number of aldehydes is 1. The third-order valence-electron chi connectivity index (χ3n) is 3.45. The molecule has 1 aromatic carbocycles. The highest BCUT2D eigenvalue weighted by Crippen LogP contribution is 2.29. The van der Waals surface area contributed by atoms with Gasteiger partial charge in [-0.2, -0.15) is 13.2 Å². The van der Waals surface area contributed by atoms with Crippen molar-refractivity contribution in [2.24, 2.45) is 0 Å². The number of hydrogen-bond donors (Lipinski definition) is 0. The molecule has 2 heterocycles. The second-order valence-electron chi connectivity index (χ2n) is 4.88. The van der Waals surface area contributed by atoms with E-state index < -0.39 is 11.7 Å². The van der Waals surface area contributed by atoms with Crippen molar-refractivity contribution in [1.29, 1.82) is 0 Å². The van der Waals surface area contributed by atoms with E-state index in [9.17, 15) is 18.0 Å². The smallest absolute Gasteiger partial charge is 0.303 e. The van der Waals surface area contributed by atoms with Crippen LogP contribution in [0.2, 0.25) is 0 Å². The molecule has 112 valence electrons. The highest BCUT2D eigenvalue weighted by molar-refractivity contribution is 5.85. The first-order valence-electron chi connectivity index (χ1n) is 6.55. The van der Waals surface area contributed by atoms with Crippen LogP contribution in [0.1, 0.15) is 27.3 Å². The second-order valence-corrected chi connectivity index (χ2v) is 4.88. The van der Waals surface area contributed by atoms with Crippen LogP contribution in [0.25, 0.3) is 5.52 Å². The van der Waals surface area contributed by atoms with Gasteiger partial charge in [0.2, 0.25) is 0 Å². The first-order valence-corrected chi connectivity index (χ1v) is 6.55. The van der Waals surface area contributed by atoms with Gasteiger partial charge in [0.1, 0.15) is 5.82 Å². The maximum Gasteiger partial charge on any atom is 0.416 e. The molecule has 0 aliphatic rings. The third kappa shape index (κ3) is 2.59. The Hall–Kier alpha value is -2.63. The van der Waals surface area contributed by atoms with Crippen molar-refractivity contribution in [3.05, 3.63) is 71.3 Å². The molecule has 0 aliphatic heterocycles. The number of pyridine rings is 1. The predicted molar refractivity (Wildman–Crippen MR) is 74.8 cm³/mol. The molecule has 0 radical (unpaired) electrons. The molecule has 0 fully saturated rings. The number of hydrogen-bond acceptors (Lipinski definition) is 2. The zero-order valence-electron chi connectivity index (χ0n) is 11.3. The summed E-state index contributed by atoms with van der Waals surface area (Å²) < 4.78 is 39.4. The van der Waals surface area contributed by atoms with Crippen LogP contribution in [0.5, 0.6) is 0 Å². The third-order valence-corrected chi connectivity index (χ3v) is 3.45. The van der Waals surface area contributed by atoms with Gasteiger partial charge < -0.3 is 4.40 Å². The quantitative estimate of drug-likeness (QED) is 0.691. The number of carbonyl (C=O) groups is 1. The van der Waals surface area contributed by atoms with Gasteiger partial charge in [0.15, 0.2) is 6.29 Å². The van der Waals surface area contributed by atoms with E-state index >= 15 is 0 Å². The van der Waals surface area contributed by atoms with Gasteiger partial charge in [-0.15, -0.1) is 0 Å². The summed E-state index contributed by atoms with van der Waals surface area (Å²) in [4.78, 5) is 15.2. The van der Waals surface area contributed by atoms with Crippen molar-refractivity contribution < 1.29 is 18.0 Å². The van der Waals surface area contributed by atoms with Crippen LogP contribution < -0.4 is 0 Å². The minimum absolute atomic E-state index is 0.384. The van der Waals surface area contributed by atoms with Crippen molar-refractivity contribution in [3.63, 3.8) is 0 Å². The predicted octanol–water partition coefficient (Wildman–Crippen LogP) is 3.76. The maximum absolute atomic E-state index is 12.5. The molecule has 0 atom stereocenters. The minimum atomic E-state index is -4.34. The Labute approximate surface area is 124 Å². The number of carbonyl (C=O) groups excluding carboxylic acids is 1. The Morgan fingerprint density at radius 2 is 1.86 bits per heavy atom. The van der Waals surface area contributed by atoms with Crippen molar-refractivity contribution in [1.82, 2.24) is 9.38 Å². The lowest BCUT2D eigenvalue weighted by atomic mass is 10.1. The summed E-state index contributed by atoms with van der Waals surface area (Å²) in [6.45, 7) is 0. The van der Waals surface area contributed by atoms with Gasteiger partial charge >= 0.3 is 6.18 Å². The van der Waals surface area contributed by atoms with Crippen LogP contribution in [0.15, 0.2) is 48.8 Å². The van der Waals surface area contributed by atoms with Crippen molar-refractivity contribution >= 4 is 11.8 Å². The largest absolute Gasteiger partial charge is 0.416 e. The summed E-state index contributed by atoms with van der Waals surface area (Å²) in [7, 11) is 0. The lowest BCUT2D eigenvalue weighted by Gasteiger charge is -2.07. The number of aromatic nitrogens is 2. The molecule has 0 saturated heterocycles. The molecule has 3 rings (SSSR count). The molecule has 0 saturated carbocycles. The Bertz CT molecular complexity index is 820. The number of imidazole rings is 1. The van der Waals surface area contributed by atoms with Crippen LogP contribution in [-0.2, 0) is 12.6 Å². The summed E-state index contributed by atoms with van der Waals surface area (Å²) in [6, 6.07) is 8.41. The summed E-state index contributed by atoms with van der Waals surface area (Å²) in [5, 5.41) is 0. The van der Waals surface area contributed by atoms with Gasteiger partial charge in [-0.1, -0.05) is 12.1 Å². The molecular formula is C16H11F3N2O. The molecule has 3 aromatic rings. The van der Waals surface area contributed by atoms with E-state index in [0.717, 1.165) is 24.0 Å². The minimum Gasteiger partial charge on any atom is -0.303 e. The molecule has 3 nitrogen and oxygen atoms in total. The first kappa shape index (κ1) is 14.3.